The molecule has 0 saturated carbocycles. The third-order valence-electron chi connectivity index (χ3n) is 6.53. The summed E-state index contributed by atoms with van der Waals surface area (Å²) in [5.74, 6) is 1.66. The van der Waals surface area contributed by atoms with E-state index in [1.54, 1.807) is 13.2 Å². The van der Waals surface area contributed by atoms with Crippen LogP contribution in [0.15, 0.2) is 46.9 Å². The molecule has 2 heterocycles. The van der Waals surface area contributed by atoms with Crippen LogP contribution in [0.1, 0.15) is 47.9 Å². The van der Waals surface area contributed by atoms with Crippen LogP contribution >= 0.6 is 0 Å². The van der Waals surface area contributed by atoms with Crippen LogP contribution in [0, 0.1) is 13.8 Å². The lowest BCUT2D eigenvalue weighted by Crippen LogP contribution is -2.09. The standard InChI is InChI=1S/C28H28N2O3/c1-16(14-26(31)30-24-10-7-9-23-20(24)13-12-17(2)29-23)21-15-22-19-8-5-6-11-25(19)33-28(22)18(3)27(21)32-4/h7,9-10,12-15H,5-6,8,11H2,1-4H3,(H,30,31)/b16-14+. The van der Waals surface area contributed by atoms with Gasteiger partial charge in [-0.15, -0.1) is 0 Å². The highest BCUT2D eigenvalue weighted by Crippen LogP contribution is 2.41. The summed E-state index contributed by atoms with van der Waals surface area (Å²) in [6, 6.07) is 11.8. The molecule has 0 radical (unpaired) electrons. The van der Waals surface area contributed by atoms with Crippen molar-refractivity contribution in [3.05, 3.63) is 70.6 Å². The molecule has 0 fully saturated rings. The number of carbonyl (C=O) groups excluding carboxylic acids is 1. The van der Waals surface area contributed by atoms with E-state index in [-0.39, 0.29) is 5.91 Å². The number of anilines is 1. The molecule has 2 aromatic heterocycles. The van der Waals surface area contributed by atoms with Crippen molar-refractivity contribution in [2.24, 2.45) is 0 Å². The molecule has 0 aliphatic heterocycles. The largest absolute Gasteiger partial charge is 0.496 e. The number of allylic oxidation sites excluding steroid dienone is 1. The van der Waals surface area contributed by atoms with Gasteiger partial charge in [0.1, 0.15) is 17.1 Å². The Kier molecular flexibility index (Phi) is 5.41. The number of nitrogens with zero attached hydrogens (tertiary/aromatic N) is 1. The van der Waals surface area contributed by atoms with E-state index in [0.717, 1.165) is 80.7 Å². The Morgan fingerprint density at radius 3 is 2.76 bits per heavy atom. The summed E-state index contributed by atoms with van der Waals surface area (Å²) in [5.41, 5.74) is 7.50. The van der Waals surface area contributed by atoms with E-state index in [2.05, 4.69) is 16.4 Å². The predicted molar refractivity (Wildman–Crippen MR) is 133 cm³/mol. The Hall–Kier alpha value is -3.60. The van der Waals surface area contributed by atoms with Crippen LogP contribution in [0.25, 0.3) is 27.4 Å². The number of benzene rings is 2. The van der Waals surface area contributed by atoms with Crippen molar-refractivity contribution in [2.75, 3.05) is 12.4 Å². The molecule has 0 bridgehead atoms. The van der Waals surface area contributed by atoms with Crippen LogP contribution in [-0.2, 0) is 17.6 Å². The van der Waals surface area contributed by atoms with E-state index in [9.17, 15) is 4.79 Å². The molecule has 5 heteroatoms. The first-order valence-electron chi connectivity index (χ1n) is 11.4. The van der Waals surface area contributed by atoms with E-state index < -0.39 is 0 Å². The summed E-state index contributed by atoms with van der Waals surface area (Å²) in [6.07, 6.45) is 6.00. The van der Waals surface area contributed by atoms with Crippen molar-refractivity contribution in [3.63, 3.8) is 0 Å². The Bertz CT molecular complexity index is 1430. The lowest BCUT2D eigenvalue weighted by molar-refractivity contribution is -0.111. The molecule has 0 unspecified atom stereocenters. The molecule has 0 saturated heterocycles. The first-order chi connectivity index (χ1) is 16.0. The van der Waals surface area contributed by atoms with Gasteiger partial charge in [-0.05, 0) is 75.9 Å². The number of hydrogen-bond donors (Lipinski definition) is 1. The highest BCUT2D eigenvalue weighted by molar-refractivity contribution is 6.08. The second-order valence-corrected chi connectivity index (χ2v) is 8.81. The molecule has 1 aliphatic carbocycles. The third kappa shape index (κ3) is 3.78. The zero-order valence-corrected chi connectivity index (χ0v) is 19.5. The zero-order chi connectivity index (χ0) is 23.1. The van der Waals surface area contributed by atoms with Crippen LogP contribution in [0.4, 0.5) is 5.69 Å². The van der Waals surface area contributed by atoms with Crippen LogP contribution in [0.5, 0.6) is 5.75 Å². The molecule has 1 amide bonds. The molecule has 5 nitrogen and oxygen atoms in total. The fourth-order valence-electron chi connectivity index (χ4n) is 4.90. The molecule has 168 valence electrons. The van der Waals surface area contributed by atoms with Crippen molar-refractivity contribution in [1.29, 1.82) is 0 Å². The maximum absolute atomic E-state index is 13.0. The Morgan fingerprint density at radius 1 is 1.12 bits per heavy atom. The number of hydrogen-bond acceptors (Lipinski definition) is 4. The normalized spacial score (nSPS) is 13.9. The molecular formula is C28H28N2O3. The number of fused-ring (bicyclic) bond motifs is 4. The van der Waals surface area contributed by atoms with E-state index >= 15 is 0 Å². The van der Waals surface area contributed by atoms with Crippen molar-refractivity contribution >= 4 is 39.0 Å². The number of aromatic nitrogens is 1. The molecule has 0 atom stereocenters. The number of nitrogens with one attached hydrogen (secondary N) is 1. The molecule has 2 aromatic carbocycles. The average Bonchev–Trinajstić information content (AvgIpc) is 3.18. The van der Waals surface area contributed by atoms with Crippen LogP contribution in [0.2, 0.25) is 0 Å². The minimum absolute atomic E-state index is 0.186. The lowest BCUT2D eigenvalue weighted by Gasteiger charge is -2.14. The molecule has 33 heavy (non-hydrogen) atoms. The molecular weight excluding hydrogens is 412 g/mol. The SMILES string of the molecule is COc1c(/C(C)=C/C(=O)Nc2cccc3nc(C)ccc23)cc2c3c(oc2c1C)CCCC3. The number of methoxy groups -OCH3 is 1. The number of aryl methyl sites for hydroxylation is 4. The van der Waals surface area contributed by atoms with Gasteiger partial charge >= 0.3 is 0 Å². The topological polar surface area (TPSA) is 64.4 Å². The number of rotatable bonds is 4. The quantitative estimate of drug-likeness (QED) is 0.367. The van der Waals surface area contributed by atoms with Crippen LogP contribution in [-0.4, -0.2) is 18.0 Å². The Balaban J connectivity index is 1.52. The third-order valence-corrected chi connectivity index (χ3v) is 6.53. The highest BCUT2D eigenvalue weighted by atomic mass is 16.5. The lowest BCUT2D eigenvalue weighted by atomic mass is 9.93. The number of carbonyl (C=O) groups is 1. The first-order valence-corrected chi connectivity index (χ1v) is 11.4. The van der Waals surface area contributed by atoms with Crippen molar-refractivity contribution < 1.29 is 13.9 Å². The van der Waals surface area contributed by atoms with Gasteiger partial charge in [-0.2, -0.15) is 0 Å². The molecule has 5 rings (SSSR count). The first kappa shape index (κ1) is 21.3. The van der Waals surface area contributed by atoms with Crippen LogP contribution in [0.3, 0.4) is 0 Å². The molecule has 1 aliphatic rings. The minimum Gasteiger partial charge on any atom is -0.496 e. The summed E-state index contributed by atoms with van der Waals surface area (Å²) >= 11 is 0. The van der Waals surface area contributed by atoms with Gasteiger partial charge in [-0.25, -0.2) is 0 Å². The smallest absolute Gasteiger partial charge is 0.248 e. The van der Waals surface area contributed by atoms with E-state index in [1.165, 1.54) is 12.0 Å². The summed E-state index contributed by atoms with van der Waals surface area (Å²) in [6.45, 7) is 5.93. The minimum atomic E-state index is -0.186. The maximum atomic E-state index is 13.0. The van der Waals surface area contributed by atoms with Gasteiger partial charge in [-0.1, -0.05) is 6.07 Å². The van der Waals surface area contributed by atoms with Gasteiger partial charge in [0, 0.05) is 45.7 Å². The Morgan fingerprint density at radius 2 is 1.94 bits per heavy atom. The van der Waals surface area contributed by atoms with E-state index in [1.807, 2.05) is 51.1 Å². The molecule has 1 N–H and O–H groups in total. The van der Waals surface area contributed by atoms with Crippen LogP contribution < -0.4 is 10.1 Å². The summed E-state index contributed by atoms with van der Waals surface area (Å²) in [4.78, 5) is 17.5. The van der Waals surface area contributed by atoms with Gasteiger partial charge in [0.2, 0.25) is 5.91 Å². The zero-order valence-electron chi connectivity index (χ0n) is 19.5. The van der Waals surface area contributed by atoms with Crippen molar-refractivity contribution in [3.8, 4) is 5.75 Å². The van der Waals surface area contributed by atoms with Gasteiger partial charge in [0.25, 0.3) is 0 Å². The number of furan rings is 1. The maximum Gasteiger partial charge on any atom is 0.248 e. The summed E-state index contributed by atoms with van der Waals surface area (Å²) in [5, 5.41) is 5.08. The van der Waals surface area contributed by atoms with E-state index in [4.69, 9.17) is 9.15 Å². The second kappa shape index (κ2) is 8.39. The van der Waals surface area contributed by atoms with Gasteiger partial charge < -0.3 is 14.5 Å². The second-order valence-electron chi connectivity index (χ2n) is 8.81. The number of ether oxygens (including phenoxy) is 1. The van der Waals surface area contributed by atoms with Gasteiger partial charge in [0.05, 0.1) is 18.3 Å². The fraction of sp³-hybridized carbons (Fsp3) is 0.286. The molecule has 4 aromatic rings. The van der Waals surface area contributed by atoms with Crippen molar-refractivity contribution in [1.82, 2.24) is 4.98 Å². The van der Waals surface area contributed by atoms with Gasteiger partial charge in [-0.3, -0.25) is 9.78 Å². The fourth-order valence-corrected chi connectivity index (χ4v) is 4.90. The number of amides is 1. The monoisotopic (exact) mass is 440 g/mol. The predicted octanol–water partition coefficient (Wildman–Crippen LogP) is 6.53. The number of pyridine rings is 1. The highest BCUT2D eigenvalue weighted by Gasteiger charge is 2.23. The van der Waals surface area contributed by atoms with E-state index in [0.29, 0.717) is 0 Å². The van der Waals surface area contributed by atoms with Crippen molar-refractivity contribution in [2.45, 2.75) is 46.5 Å². The Labute approximate surface area is 193 Å². The molecule has 0 spiro atoms. The summed E-state index contributed by atoms with van der Waals surface area (Å²) in [7, 11) is 1.67. The van der Waals surface area contributed by atoms with Gasteiger partial charge in [0.15, 0.2) is 0 Å². The summed E-state index contributed by atoms with van der Waals surface area (Å²) < 4.78 is 12.0. The average molecular weight is 441 g/mol.